The third-order valence-corrected chi connectivity index (χ3v) is 3.86. The Hall–Kier alpha value is -1.03. The van der Waals surface area contributed by atoms with E-state index in [0.717, 1.165) is 30.8 Å². The molecule has 0 bridgehead atoms. The van der Waals surface area contributed by atoms with Crippen molar-refractivity contribution in [2.45, 2.75) is 19.9 Å². The minimum atomic E-state index is 0.652. The summed E-state index contributed by atoms with van der Waals surface area (Å²) < 4.78 is 5.87. The van der Waals surface area contributed by atoms with E-state index in [1.165, 1.54) is 5.56 Å². The predicted octanol–water partition coefficient (Wildman–Crippen LogP) is 4.13. The van der Waals surface area contributed by atoms with E-state index in [-0.39, 0.29) is 0 Å². The van der Waals surface area contributed by atoms with Gasteiger partial charge in [0.2, 0.25) is 0 Å². The first kappa shape index (κ1) is 14.4. The Morgan fingerprint density at radius 1 is 1.32 bits per heavy atom. The molecular formula is C15H18ClNOS. The molecule has 0 radical (unpaired) electrons. The SMILES string of the molecule is CCNCc1cccc(Cl)c1OCCc1ccsc1. The van der Waals surface area contributed by atoms with Crippen molar-refractivity contribution in [3.63, 3.8) is 0 Å². The number of ether oxygens (including phenoxy) is 1. The number of nitrogens with one attached hydrogen (secondary N) is 1. The molecule has 0 aliphatic heterocycles. The predicted molar refractivity (Wildman–Crippen MR) is 82.4 cm³/mol. The molecule has 0 amide bonds. The summed E-state index contributed by atoms with van der Waals surface area (Å²) in [7, 11) is 0. The number of para-hydroxylation sites is 1. The molecule has 4 heteroatoms. The van der Waals surface area contributed by atoms with Gasteiger partial charge >= 0.3 is 0 Å². The number of hydrogen-bond donors (Lipinski definition) is 1. The number of halogens is 1. The summed E-state index contributed by atoms with van der Waals surface area (Å²) in [4.78, 5) is 0. The Kier molecular flexibility index (Phi) is 5.70. The standard InChI is InChI=1S/C15H18ClNOS/c1-2-17-10-13-4-3-5-14(16)15(13)18-8-6-12-7-9-19-11-12/h3-5,7,9,11,17H,2,6,8,10H2,1H3. The van der Waals surface area contributed by atoms with E-state index < -0.39 is 0 Å². The second kappa shape index (κ2) is 7.53. The summed E-state index contributed by atoms with van der Waals surface area (Å²) in [5.74, 6) is 0.806. The van der Waals surface area contributed by atoms with Crippen molar-refractivity contribution in [3.05, 3.63) is 51.2 Å². The summed E-state index contributed by atoms with van der Waals surface area (Å²) in [6.45, 7) is 4.45. The zero-order valence-corrected chi connectivity index (χ0v) is 12.6. The summed E-state index contributed by atoms with van der Waals surface area (Å²) in [5, 5.41) is 8.21. The minimum Gasteiger partial charge on any atom is -0.491 e. The molecule has 0 saturated heterocycles. The van der Waals surface area contributed by atoms with Gasteiger partial charge in [-0.1, -0.05) is 30.7 Å². The van der Waals surface area contributed by atoms with Crippen molar-refractivity contribution in [1.29, 1.82) is 0 Å². The van der Waals surface area contributed by atoms with Crippen molar-refractivity contribution in [1.82, 2.24) is 5.32 Å². The molecule has 0 aliphatic rings. The molecule has 1 heterocycles. The Balaban J connectivity index is 1.97. The van der Waals surface area contributed by atoms with Crippen LogP contribution in [0.3, 0.4) is 0 Å². The Bertz CT molecular complexity index is 499. The van der Waals surface area contributed by atoms with Crippen LogP contribution in [0.1, 0.15) is 18.1 Å². The van der Waals surface area contributed by atoms with Crippen LogP contribution in [0, 0.1) is 0 Å². The van der Waals surface area contributed by atoms with Gasteiger partial charge in [0.05, 0.1) is 11.6 Å². The lowest BCUT2D eigenvalue weighted by Gasteiger charge is -2.13. The van der Waals surface area contributed by atoms with Gasteiger partial charge in [-0.25, -0.2) is 0 Å². The highest BCUT2D eigenvalue weighted by atomic mass is 35.5. The molecule has 2 nitrogen and oxygen atoms in total. The van der Waals surface area contributed by atoms with E-state index in [2.05, 4.69) is 35.1 Å². The van der Waals surface area contributed by atoms with E-state index >= 15 is 0 Å². The largest absolute Gasteiger partial charge is 0.491 e. The molecule has 0 aliphatic carbocycles. The summed E-state index contributed by atoms with van der Waals surface area (Å²) in [5.41, 5.74) is 2.42. The van der Waals surface area contributed by atoms with Crippen LogP contribution < -0.4 is 10.1 Å². The highest BCUT2D eigenvalue weighted by Crippen LogP contribution is 2.28. The molecule has 0 spiro atoms. The highest BCUT2D eigenvalue weighted by molar-refractivity contribution is 7.07. The minimum absolute atomic E-state index is 0.652. The van der Waals surface area contributed by atoms with Crippen molar-refractivity contribution in [2.75, 3.05) is 13.2 Å². The van der Waals surface area contributed by atoms with Gasteiger partial charge in [0, 0.05) is 18.5 Å². The normalized spacial score (nSPS) is 10.6. The number of hydrogen-bond acceptors (Lipinski definition) is 3. The summed E-state index contributed by atoms with van der Waals surface area (Å²) >= 11 is 7.93. The van der Waals surface area contributed by atoms with Gasteiger partial charge < -0.3 is 10.1 Å². The van der Waals surface area contributed by atoms with Gasteiger partial charge in [-0.05, 0) is 35.0 Å². The van der Waals surface area contributed by atoms with E-state index in [0.29, 0.717) is 11.6 Å². The van der Waals surface area contributed by atoms with Crippen LogP contribution in [0.15, 0.2) is 35.0 Å². The van der Waals surface area contributed by atoms with Gasteiger partial charge in [0.25, 0.3) is 0 Å². The van der Waals surface area contributed by atoms with Gasteiger partial charge in [-0.3, -0.25) is 0 Å². The maximum atomic E-state index is 6.22. The van der Waals surface area contributed by atoms with E-state index in [4.69, 9.17) is 16.3 Å². The van der Waals surface area contributed by atoms with Crippen molar-refractivity contribution < 1.29 is 4.74 Å². The van der Waals surface area contributed by atoms with E-state index in [9.17, 15) is 0 Å². The number of benzene rings is 1. The van der Waals surface area contributed by atoms with Crippen molar-refractivity contribution in [3.8, 4) is 5.75 Å². The molecule has 102 valence electrons. The first-order chi connectivity index (χ1) is 9.31. The quantitative estimate of drug-likeness (QED) is 0.829. The maximum Gasteiger partial charge on any atom is 0.142 e. The summed E-state index contributed by atoms with van der Waals surface area (Å²) in [6, 6.07) is 8.01. The third kappa shape index (κ3) is 4.23. The maximum absolute atomic E-state index is 6.22. The fourth-order valence-electron chi connectivity index (χ4n) is 1.82. The van der Waals surface area contributed by atoms with Gasteiger partial charge in [-0.15, -0.1) is 0 Å². The molecule has 1 aromatic heterocycles. The first-order valence-electron chi connectivity index (χ1n) is 6.43. The van der Waals surface area contributed by atoms with Crippen molar-refractivity contribution in [2.24, 2.45) is 0 Å². The molecule has 0 unspecified atom stereocenters. The highest BCUT2D eigenvalue weighted by Gasteiger charge is 2.08. The zero-order valence-electron chi connectivity index (χ0n) is 11.0. The van der Waals surface area contributed by atoms with Crippen LogP contribution >= 0.6 is 22.9 Å². The van der Waals surface area contributed by atoms with Gasteiger partial charge in [-0.2, -0.15) is 11.3 Å². The molecule has 19 heavy (non-hydrogen) atoms. The number of rotatable bonds is 7. The topological polar surface area (TPSA) is 21.3 Å². The molecule has 1 aromatic carbocycles. The fourth-order valence-corrected chi connectivity index (χ4v) is 2.77. The fraction of sp³-hybridized carbons (Fsp3) is 0.333. The van der Waals surface area contributed by atoms with Crippen LogP contribution in [0.2, 0.25) is 5.02 Å². The zero-order chi connectivity index (χ0) is 13.5. The van der Waals surface area contributed by atoms with Crippen molar-refractivity contribution >= 4 is 22.9 Å². The van der Waals surface area contributed by atoms with Crippen LogP contribution in [-0.2, 0) is 13.0 Å². The van der Waals surface area contributed by atoms with Crippen LogP contribution in [-0.4, -0.2) is 13.2 Å². The van der Waals surface area contributed by atoms with Crippen LogP contribution in [0.4, 0.5) is 0 Å². The smallest absolute Gasteiger partial charge is 0.142 e. The van der Waals surface area contributed by atoms with Gasteiger partial charge in [0.1, 0.15) is 5.75 Å². The Morgan fingerprint density at radius 2 is 2.21 bits per heavy atom. The molecule has 2 rings (SSSR count). The lowest BCUT2D eigenvalue weighted by molar-refractivity contribution is 0.318. The molecule has 0 saturated carbocycles. The van der Waals surface area contributed by atoms with E-state index in [1.807, 2.05) is 12.1 Å². The summed E-state index contributed by atoms with van der Waals surface area (Å²) in [6.07, 6.45) is 0.912. The lowest BCUT2D eigenvalue weighted by Crippen LogP contribution is -2.13. The third-order valence-electron chi connectivity index (χ3n) is 2.83. The van der Waals surface area contributed by atoms with E-state index in [1.54, 1.807) is 11.3 Å². The molecule has 2 aromatic rings. The average molecular weight is 296 g/mol. The molecular weight excluding hydrogens is 278 g/mol. The molecule has 0 fully saturated rings. The number of thiophene rings is 1. The second-order valence-corrected chi connectivity index (χ2v) is 5.43. The Labute approximate surface area is 123 Å². The molecule has 0 atom stereocenters. The van der Waals surface area contributed by atoms with Crippen LogP contribution in [0.5, 0.6) is 5.75 Å². The van der Waals surface area contributed by atoms with Gasteiger partial charge in [0.15, 0.2) is 0 Å². The lowest BCUT2D eigenvalue weighted by atomic mass is 10.2. The molecule has 1 N–H and O–H groups in total. The first-order valence-corrected chi connectivity index (χ1v) is 7.75. The van der Waals surface area contributed by atoms with Crippen LogP contribution in [0.25, 0.3) is 0 Å². The Morgan fingerprint density at radius 3 is 2.95 bits per heavy atom. The second-order valence-electron chi connectivity index (χ2n) is 4.24. The monoisotopic (exact) mass is 295 g/mol. The average Bonchev–Trinajstić information content (AvgIpc) is 2.92.